The molecular weight excluding hydrogens is 286 g/mol. The number of piperidine rings is 1. The molecule has 1 heterocycles. The zero-order valence-corrected chi connectivity index (χ0v) is 13.9. The maximum atomic E-state index is 12.8. The summed E-state index contributed by atoms with van der Waals surface area (Å²) < 4.78 is 32.7. The van der Waals surface area contributed by atoms with Crippen LogP contribution >= 0.6 is 0 Å². The van der Waals surface area contributed by atoms with Crippen LogP contribution in [-0.4, -0.2) is 39.0 Å². The van der Waals surface area contributed by atoms with E-state index in [2.05, 4.69) is 0 Å². The number of aryl methyl sites for hydroxylation is 2. The monoisotopic (exact) mass is 311 g/mol. The molecule has 1 aliphatic rings. The number of benzene rings is 1. The minimum Gasteiger partial charge on any atom is -0.381 e. The fourth-order valence-electron chi connectivity index (χ4n) is 2.89. The summed E-state index contributed by atoms with van der Waals surface area (Å²) in [4.78, 5) is 0.435. The summed E-state index contributed by atoms with van der Waals surface area (Å²) >= 11 is 0. The Morgan fingerprint density at radius 1 is 1.33 bits per heavy atom. The van der Waals surface area contributed by atoms with Gasteiger partial charge in [0.2, 0.25) is 10.0 Å². The van der Waals surface area contributed by atoms with Crippen molar-refractivity contribution in [2.24, 2.45) is 5.92 Å². The third kappa shape index (κ3) is 3.84. The number of hydrogen-bond donors (Lipinski definition) is 0. The maximum Gasteiger partial charge on any atom is 0.243 e. The molecule has 0 aromatic heterocycles. The molecule has 0 aliphatic carbocycles. The van der Waals surface area contributed by atoms with Gasteiger partial charge in [-0.2, -0.15) is 4.31 Å². The highest BCUT2D eigenvalue weighted by Crippen LogP contribution is 2.26. The van der Waals surface area contributed by atoms with E-state index in [9.17, 15) is 8.42 Å². The molecule has 5 heteroatoms. The molecule has 0 spiro atoms. The Balaban J connectivity index is 2.18. The van der Waals surface area contributed by atoms with E-state index < -0.39 is 10.0 Å². The molecule has 0 N–H and O–H groups in total. The minimum absolute atomic E-state index is 0.305. The molecule has 1 saturated heterocycles. The summed E-state index contributed by atoms with van der Waals surface area (Å²) in [5.41, 5.74) is 1.90. The van der Waals surface area contributed by atoms with Gasteiger partial charge in [0.05, 0.1) is 11.5 Å². The Hall–Kier alpha value is -0.910. The largest absolute Gasteiger partial charge is 0.381 e. The number of rotatable bonds is 5. The number of ether oxygens (including phenoxy) is 1. The molecule has 2 rings (SSSR count). The summed E-state index contributed by atoms with van der Waals surface area (Å²) in [6.45, 7) is 8.31. The Bertz CT molecular complexity index is 583. The van der Waals surface area contributed by atoms with E-state index in [0.29, 0.717) is 37.1 Å². The second kappa shape index (κ2) is 6.90. The van der Waals surface area contributed by atoms with Crippen LogP contribution in [0.2, 0.25) is 0 Å². The van der Waals surface area contributed by atoms with Gasteiger partial charge in [0.1, 0.15) is 0 Å². The Labute approximate surface area is 128 Å². The second-order valence-corrected chi connectivity index (χ2v) is 7.71. The standard InChI is InChI=1S/C16H25NO3S/c1-4-20-12-15-6-5-9-17(11-15)21(18,19)16-8-7-13(2)10-14(16)3/h7-8,10,15H,4-6,9,11-12H2,1-3H3. The van der Waals surface area contributed by atoms with Crippen molar-refractivity contribution in [3.63, 3.8) is 0 Å². The smallest absolute Gasteiger partial charge is 0.243 e. The van der Waals surface area contributed by atoms with Crippen molar-refractivity contribution >= 4 is 10.0 Å². The molecule has 1 fully saturated rings. The lowest BCUT2D eigenvalue weighted by Crippen LogP contribution is -2.41. The van der Waals surface area contributed by atoms with Crippen molar-refractivity contribution in [2.75, 3.05) is 26.3 Å². The molecule has 21 heavy (non-hydrogen) atoms. The van der Waals surface area contributed by atoms with Gasteiger partial charge in [0, 0.05) is 19.7 Å². The van der Waals surface area contributed by atoms with Crippen LogP contribution in [0.5, 0.6) is 0 Å². The Morgan fingerprint density at radius 3 is 2.76 bits per heavy atom. The van der Waals surface area contributed by atoms with Gasteiger partial charge in [-0.3, -0.25) is 0 Å². The summed E-state index contributed by atoms with van der Waals surface area (Å²) in [5, 5.41) is 0. The van der Waals surface area contributed by atoms with Crippen LogP contribution in [0.25, 0.3) is 0 Å². The average Bonchev–Trinajstić information content (AvgIpc) is 2.45. The molecule has 1 atom stereocenters. The van der Waals surface area contributed by atoms with Gasteiger partial charge in [0.15, 0.2) is 0 Å². The Morgan fingerprint density at radius 2 is 2.10 bits per heavy atom. The van der Waals surface area contributed by atoms with Crippen molar-refractivity contribution in [2.45, 2.75) is 38.5 Å². The zero-order chi connectivity index (χ0) is 15.5. The summed E-state index contributed by atoms with van der Waals surface area (Å²) in [6.07, 6.45) is 1.95. The van der Waals surface area contributed by atoms with Crippen molar-refractivity contribution in [3.8, 4) is 0 Å². The van der Waals surface area contributed by atoms with Crippen LogP contribution in [0.3, 0.4) is 0 Å². The highest BCUT2D eigenvalue weighted by atomic mass is 32.2. The number of sulfonamides is 1. The molecule has 4 nitrogen and oxygen atoms in total. The maximum absolute atomic E-state index is 12.8. The average molecular weight is 311 g/mol. The van der Waals surface area contributed by atoms with Gasteiger partial charge in [-0.15, -0.1) is 0 Å². The van der Waals surface area contributed by atoms with Crippen molar-refractivity contribution < 1.29 is 13.2 Å². The highest BCUT2D eigenvalue weighted by molar-refractivity contribution is 7.89. The number of hydrogen-bond acceptors (Lipinski definition) is 3. The van der Waals surface area contributed by atoms with E-state index in [4.69, 9.17) is 4.74 Å². The molecule has 1 aliphatic heterocycles. The van der Waals surface area contributed by atoms with Gasteiger partial charge in [-0.1, -0.05) is 17.7 Å². The SMILES string of the molecule is CCOCC1CCCN(S(=O)(=O)c2ccc(C)cc2C)C1. The van der Waals surface area contributed by atoms with Crippen LogP contribution in [-0.2, 0) is 14.8 Å². The van der Waals surface area contributed by atoms with Crippen LogP contribution in [0.15, 0.2) is 23.1 Å². The van der Waals surface area contributed by atoms with Crippen LogP contribution in [0, 0.1) is 19.8 Å². The van der Waals surface area contributed by atoms with Crippen LogP contribution in [0.4, 0.5) is 0 Å². The van der Waals surface area contributed by atoms with E-state index in [1.54, 1.807) is 10.4 Å². The van der Waals surface area contributed by atoms with E-state index >= 15 is 0 Å². The molecule has 1 aromatic carbocycles. The van der Waals surface area contributed by atoms with E-state index in [1.807, 2.05) is 32.9 Å². The normalized spacial score (nSPS) is 20.6. The van der Waals surface area contributed by atoms with Crippen LogP contribution < -0.4 is 0 Å². The molecular formula is C16H25NO3S. The summed E-state index contributed by atoms with van der Waals surface area (Å²) in [6, 6.07) is 5.52. The van der Waals surface area contributed by atoms with E-state index in [-0.39, 0.29) is 0 Å². The molecule has 0 saturated carbocycles. The quantitative estimate of drug-likeness (QED) is 0.840. The summed E-state index contributed by atoms with van der Waals surface area (Å²) in [5.74, 6) is 0.305. The summed E-state index contributed by atoms with van der Waals surface area (Å²) in [7, 11) is -3.39. The highest BCUT2D eigenvalue weighted by Gasteiger charge is 2.31. The topological polar surface area (TPSA) is 46.6 Å². The van der Waals surface area contributed by atoms with Gasteiger partial charge in [-0.05, 0) is 51.2 Å². The Kier molecular flexibility index (Phi) is 5.41. The third-order valence-electron chi connectivity index (χ3n) is 3.99. The molecule has 1 unspecified atom stereocenters. The van der Waals surface area contributed by atoms with Gasteiger partial charge in [-0.25, -0.2) is 8.42 Å². The first kappa shape index (κ1) is 16.5. The second-order valence-electron chi connectivity index (χ2n) is 5.80. The predicted molar refractivity (Wildman–Crippen MR) is 83.9 cm³/mol. The first-order chi connectivity index (χ1) is 9.95. The van der Waals surface area contributed by atoms with E-state index in [1.165, 1.54) is 0 Å². The number of nitrogens with zero attached hydrogens (tertiary/aromatic N) is 1. The fraction of sp³-hybridized carbons (Fsp3) is 0.625. The lowest BCUT2D eigenvalue weighted by Gasteiger charge is -2.32. The van der Waals surface area contributed by atoms with Crippen LogP contribution in [0.1, 0.15) is 30.9 Å². The molecule has 0 bridgehead atoms. The predicted octanol–water partition coefficient (Wildman–Crippen LogP) is 2.74. The third-order valence-corrected chi connectivity index (χ3v) is 6.01. The first-order valence-electron chi connectivity index (χ1n) is 7.60. The molecule has 0 radical (unpaired) electrons. The van der Waals surface area contributed by atoms with Crippen molar-refractivity contribution in [1.82, 2.24) is 4.31 Å². The van der Waals surface area contributed by atoms with E-state index in [0.717, 1.165) is 24.0 Å². The molecule has 118 valence electrons. The lowest BCUT2D eigenvalue weighted by atomic mass is 10.0. The van der Waals surface area contributed by atoms with Gasteiger partial charge in [0.25, 0.3) is 0 Å². The fourth-order valence-corrected chi connectivity index (χ4v) is 4.65. The zero-order valence-electron chi connectivity index (χ0n) is 13.1. The lowest BCUT2D eigenvalue weighted by molar-refractivity contribution is 0.0864. The van der Waals surface area contributed by atoms with Gasteiger partial charge >= 0.3 is 0 Å². The van der Waals surface area contributed by atoms with Crippen molar-refractivity contribution in [1.29, 1.82) is 0 Å². The molecule has 0 amide bonds. The van der Waals surface area contributed by atoms with Crippen molar-refractivity contribution in [3.05, 3.63) is 29.3 Å². The minimum atomic E-state index is -3.39. The molecule has 1 aromatic rings. The first-order valence-corrected chi connectivity index (χ1v) is 9.04. The van der Waals surface area contributed by atoms with Gasteiger partial charge < -0.3 is 4.74 Å².